The van der Waals surface area contributed by atoms with Gasteiger partial charge in [-0.3, -0.25) is 4.79 Å². The fourth-order valence-corrected chi connectivity index (χ4v) is 2.17. The van der Waals surface area contributed by atoms with Crippen LogP contribution in [-0.4, -0.2) is 28.7 Å². The number of carbonyl (C=O) groups is 1. The summed E-state index contributed by atoms with van der Waals surface area (Å²) in [5.74, 6) is -1.11. The lowest BCUT2D eigenvalue weighted by molar-refractivity contribution is -0.173. The fraction of sp³-hybridized carbons (Fsp3) is 0.800. The van der Waals surface area contributed by atoms with Gasteiger partial charge in [0.1, 0.15) is 11.0 Å². The van der Waals surface area contributed by atoms with Crippen LogP contribution in [0, 0.1) is 5.41 Å². The number of nitrogens with zero attached hydrogens (tertiary/aromatic N) is 1. The predicted octanol–water partition coefficient (Wildman–Crippen LogP) is 1.11. The molecule has 0 aromatic carbocycles. The Morgan fingerprint density at radius 2 is 1.83 bits per heavy atom. The second-order valence-corrected chi connectivity index (χ2v) is 4.95. The molecule has 2 aliphatic rings. The molecule has 2 rings (SSSR count). The zero-order chi connectivity index (χ0) is 13.6. The number of nitrogens with one attached hydrogen (secondary N) is 1. The SMILES string of the molecule is NC(=NO)C1(C(=O)NC2(C(F)(F)F)CC2)CCC1. The summed E-state index contributed by atoms with van der Waals surface area (Å²) in [5.41, 5.74) is 2.04. The van der Waals surface area contributed by atoms with Crippen molar-refractivity contribution in [2.24, 2.45) is 16.3 Å². The van der Waals surface area contributed by atoms with E-state index in [1.807, 2.05) is 5.32 Å². The summed E-state index contributed by atoms with van der Waals surface area (Å²) < 4.78 is 38.2. The van der Waals surface area contributed by atoms with E-state index in [0.29, 0.717) is 19.3 Å². The van der Waals surface area contributed by atoms with Gasteiger partial charge in [-0.15, -0.1) is 0 Å². The van der Waals surface area contributed by atoms with Gasteiger partial charge in [0.05, 0.1) is 0 Å². The van der Waals surface area contributed by atoms with Crippen LogP contribution in [0.1, 0.15) is 32.1 Å². The number of amidine groups is 1. The zero-order valence-electron chi connectivity index (χ0n) is 9.55. The van der Waals surface area contributed by atoms with E-state index in [-0.39, 0.29) is 18.7 Å². The molecule has 5 nitrogen and oxygen atoms in total. The molecule has 0 atom stereocenters. The van der Waals surface area contributed by atoms with Gasteiger partial charge >= 0.3 is 6.18 Å². The molecule has 0 unspecified atom stereocenters. The highest BCUT2D eigenvalue weighted by atomic mass is 19.4. The molecule has 8 heteroatoms. The second-order valence-electron chi connectivity index (χ2n) is 4.95. The molecule has 0 saturated heterocycles. The Balaban J connectivity index is 2.13. The van der Waals surface area contributed by atoms with Gasteiger partial charge in [0, 0.05) is 0 Å². The molecule has 1 amide bonds. The lowest BCUT2D eigenvalue weighted by atomic mass is 9.67. The molecule has 102 valence electrons. The summed E-state index contributed by atoms with van der Waals surface area (Å²) in [7, 11) is 0. The van der Waals surface area contributed by atoms with Gasteiger partial charge in [0.25, 0.3) is 0 Å². The van der Waals surface area contributed by atoms with Gasteiger partial charge in [0.15, 0.2) is 5.84 Å². The van der Waals surface area contributed by atoms with E-state index >= 15 is 0 Å². The zero-order valence-corrected chi connectivity index (χ0v) is 9.55. The van der Waals surface area contributed by atoms with Gasteiger partial charge in [-0.25, -0.2) is 0 Å². The summed E-state index contributed by atoms with van der Waals surface area (Å²) in [4.78, 5) is 12.0. The first kappa shape index (κ1) is 13.0. The minimum absolute atomic E-state index is 0.117. The molecule has 4 N–H and O–H groups in total. The average Bonchev–Trinajstić information content (AvgIpc) is 2.95. The van der Waals surface area contributed by atoms with Gasteiger partial charge in [-0.1, -0.05) is 11.6 Å². The number of rotatable bonds is 3. The third-order valence-corrected chi connectivity index (χ3v) is 3.89. The maximum atomic E-state index is 12.7. The molecule has 2 aliphatic carbocycles. The largest absolute Gasteiger partial charge is 0.411 e. The van der Waals surface area contributed by atoms with Crippen LogP contribution in [0.25, 0.3) is 0 Å². The van der Waals surface area contributed by atoms with Gasteiger partial charge in [0.2, 0.25) is 5.91 Å². The lowest BCUT2D eigenvalue weighted by Gasteiger charge is -2.40. The maximum Gasteiger partial charge on any atom is 0.411 e. The third kappa shape index (κ3) is 1.70. The van der Waals surface area contributed by atoms with Crippen LogP contribution >= 0.6 is 0 Å². The summed E-state index contributed by atoms with van der Waals surface area (Å²) in [5, 5.41) is 13.4. The quantitative estimate of drug-likeness (QED) is 0.309. The lowest BCUT2D eigenvalue weighted by Crippen LogP contribution is -2.59. The first-order valence-electron chi connectivity index (χ1n) is 5.65. The number of carbonyl (C=O) groups excluding carboxylic acids is 1. The molecule has 18 heavy (non-hydrogen) atoms. The number of amides is 1. The molecule has 0 spiro atoms. The normalized spacial score (nSPS) is 25.2. The highest BCUT2D eigenvalue weighted by Gasteiger charge is 2.66. The molecule has 2 saturated carbocycles. The monoisotopic (exact) mass is 265 g/mol. The topological polar surface area (TPSA) is 87.7 Å². The van der Waals surface area contributed by atoms with Crippen LogP contribution in [0.5, 0.6) is 0 Å². The molecule has 2 fully saturated rings. The highest BCUT2D eigenvalue weighted by molar-refractivity contribution is 6.07. The number of hydrogen-bond donors (Lipinski definition) is 3. The molecule has 0 heterocycles. The summed E-state index contributed by atoms with van der Waals surface area (Å²) >= 11 is 0. The number of nitrogens with two attached hydrogens (primary N) is 1. The number of oxime groups is 1. The Morgan fingerprint density at radius 3 is 2.11 bits per heavy atom. The van der Waals surface area contributed by atoms with Crippen molar-refractivity contribution in [2.75, 3.05) is 0 Å². The Bertz CT molecular complexity index is 398. The van der Waals surface area contributed by atoms with Crippen LogP contribution < -0.4 is 11.1 Å². The van der Waals surface area contributed by atoms with Crippen LogP contribution in [0.15, 0.2) is 5.16 Å². The predicted molar refractivity (Wildman–Crippen MR) is 55.9 cm³/mol. The van der Waals surface area contributed by atoms with Crippen molar-refractivity contribution < 1.29 is 23.2 Å². The van der Waals surface area contributed by atoms with E-state index in [0.717, 1.165) is 0 Å². The Labute approximate surface area is 101 Å². The van der Waals surface area contributed by atoms with Crippen molar-refractivity contribution >= 4 is 11.7 Å². The third-order valence-electron chi connectivity index (χ3n) is 3.89. The van der Waals surface area contributed by atoms with Crippen molar-refractivity contribution in [2.45, 2.75) is 43.8 Å². The number of halogens is 3. The summed E-state index contributed by atoms with van der Waals surface area (Å²) in [6.07, 6.45) is -3.41. The molecule has 0 aromatic heterocycles. The van der Waals surface area contributed by atoms with Crippen molar-refractivity contribution in [3.8, 4) is 0 Å². The van der Waals surface area contributed by atoms with Gasteiger partial charge < -0.3 is 16.3 Å². The van der Waals surface area contributed by atoms with Gasteiger partial charge in [-0.05, 0) is 25.7 Å². The summed E-state index contributed by atoms with van der Waals surface area (Å²) in [6, 6.07) is 0. The van der Waals surface area contributed by atoms with E-state index < -0.39 is 23.0 Å². The minimum Gasteiger partial charge on any atom is -0.409 e. The Kier molecular flexibility index (Phi) is 2.71. The van der Waals surface area contributed by atoms with Crippen molar-refractivity contribution in [1.82, 2.24) is 5.32 Å². The first-order chi connectivity index (χ1) is 8.27. The molecule has 0 aliphatic heterocycles. The van der Waals surface area contributed by atoms with E-state index in [1.165, 1.54) is 0 Å². The van der Waals surface area contributed by atoms with Crippen molar-refractivity contribution in [3.63, 3.8) is 0 Å². The van der Waals surface area contributed by atoms with Crippen LogP contribution in [-0.2, 0) is 4.79 Å². The summed E-state index contributed by atoms with van der Waals surface area (Å²) in [6.45, 7) is 0. The van der Waals surface area contributed by atoms with Crippen molar-refractivity contribution in [3.05, 3.63) is 0 Å². The standard InChI is InChI=1S/C10H14F3N3O2/c11-10(12,13)9(4-5-9)15-7(17)8(2-1-3-8)6(14)16-18/h18H,1-5H2,(H2,14,16)(H,15,17). The molecule has 0 radical (unpaired) electrons. The molecule has 0 bridgehead atoms. The van der Waals surface area contributed by atoms with Crippen LogP contribution in [0.4, 0.5) is 13.2 Å². The molecular formula is C10H14F3N3O2. The number of alkyl halides is 3. The van der Waals surface area contributed by atoms with Crippen LogP contribution in [0.3, 0.4) is 0 Å². The first-order valence-corrected chi connectivity index (χ1v) is 5.65. The fourth-order valence-electron chi connectivity index (χ4n) is 2.17. The Morgan fingerprint density at radius 1 is 1.28 bits per heavy atom. The van der Waals surface area contributed by atoms with E-state index in [9.17, 15) is 18.0 Å². The average molecular weight is 265 g/mol. The van der Waals surface area contributed by atoms with Crippen LogP contribution in [0.2, 0.25) is 0 Å². The van der Waals surface area contributed by atoms with Gasteiger partial charge in [-0.2, -0.15) is 13.2 Å². The van der Waals surface area contributed by atoms with E-state index in [4.69, 9.17) is 10.9 Å². The van der Waals surface area contributed by atoms with E-state index in [1.54, 1.807) is 0 Å². The highest BCUT2D eigenvalue weighted by Crippen LogP contribution is 2.50. The molecule has 0 aromatic rings. The molecular weight excluding hydrogens is 251 g/mol. The van der Waals surface area contributed by atoms with Crippen molar-refractivity contribution in [1.29, 1.82) is 0 Å². The Hall–Kier alpha value is -1.47. The smallest absolute Gasteiger partial charge is 0.409 e. The minimum atomic E-state index is -4.46. The number of hydrogen-bond acceptors (Lipinski definition) is 3. The maximum absolute atomic E-state index is 12.7. The second kappa shape index (κ2) is 3.76. The van der Waals surface area contributed by atoms with E-state index in [2.05, 4.69) is 5.16 Å².